The van der Waals surface area contributed by atoms with Crippen molar-refractivity contribution in [1.82, 2.24) is 10.6 Å². The van der Waals surface area contributed by atoms with Crippen molar-refractivity contribution in [1.29, 1.82) is 0 Å². The minimum Gasteiger partial charge on any atom is -0.483 e. The van der Waals surface area contributed by atoms with Crippen LogP contribution in [0.5, 0.6) is 5.75 Å². The molecule has 2 N–H and O–H groups in total. The van der Waals surface area contributed by atoms with Crippen LogP contribution in [0.1, 0.15) is 19.4 Å². The average Bonchev–Trinajstić information content (AvgIpc) is 2.35. The Morgan fingerprint density at radius 2 is 2.00 bits per heavy atom. The molecule has 1 aromatic carbocycles. The van der Waals surface area contributed by atoms with Gasteiger partial charge in [0.1, 0.15) is 5.75 Å². The van der Waals surface area contributed by atoms with Gasteiger partial charge in [0, 0.05) is 18.7 Å². The molecule has 0 bridgehead atoms. The van der Waals surface area contributed by atoms with E-state index in [1.807, 2.05) is 31.2 Å². The maximum atomic E-state index is 11.3. The molecule has 4 nitrogen and oxygen atoms in total. The van der Waals surface area contributed by atoms with Gasteiger partial charge in [-0.1, -0.05) is 25.1 Å². The number of carbonyl (C=O) groups excluding carboxylic acids is 1. The van der Waals surface area contributed by atoms with Crippen LogP contribution < -0.4 is 15.4 Å². The fourth-order valence-electron chi connectivity index (χ4n) is 1.44. The number of para-hydroxylation sites is 1. The molecule has 94 valence electrons. The number of amides is 1. The van der Waals surface area contributed by atoms with Gasteiger partial charge in [-0.15, -0.1) is 0 Å². The van der Waals surface area contributed by atoms with Crippen LogP contribution in [-0.4, -0.2) is 25.6 Å². The molecule has 0 unspecified atom stereocenters. The number of rotatable bonds is 7. The molecule has 0 atom stereocenters. The van der Waals surface area contributed by atoms with Crippen LogP contribution in [0, 0.1) is 0 Å². The third-order valence-electron chi connectivity index (χ3n) is 2.27. The van der Waals surface area contributed by atoms with Crippen LogP contribution in [0.15, 0.2) is 24.3 Å². The van der Waals surface area contributed by atoms with Crippen molar-refractivity contribution in [2.75, 3.05) is 19.7 Å². The first kappa shape index (κ1) is 13.5. The van der Waals surface area contributed by atoms with Crippen LogP contribution in [-0.2, 0) is 11.3 Å². The SMILES string of the molecule is CCNCc1ccccc1OCC(=O)NCC. The second-order valence-corrected chi connectivity index (χ2v) is 3.63. The van der Waals surface area contributed by atoms with Crippen molar-refractivity contribution < 1.29 is 9.53 Å². The number of likely N-dealkylation sites (N-methyl/N-ethyl adjacent to an activating group) is 1. The van der Waals surface area contributed by atoms with E-state index in [9.17, 15) is 4.79 Å². The second kappa shape index (κ2) is 7.68. The third kappa shape index (κ3) is 4.87. The van der Waals surface area contributed by atoms with E-state index >= 15 is 0 Å². The van der Waals surface area contributed by atoms with E-state index in [0.29, 0.717) is 6.54 Å². The van der Waals surface area contributed by atoms with Gasteiger partial charge < -0.3 is 15.4 Å². The summed E-state index contributed by atoms with van der Waals surface area (Å²) in [5.74, 6) is 0.672. The Hall–Kier alpha value is -1.55. The van der Waals surface area contributed by atoms with Crippen molar-refractivity contribution >= 4 is 5.91 Å². The molecule has 0 heterocycles. The number of carbonyl (C=O) groups is 1. The van der Waals surface area contributed by atoms with E-state index in [-0.39, 0.29) is 12.5 Å². The zero-order valence-electron chi connectivity index (χ0n) is 10.5. The van der Waals surface area contributed by atoms with Crippen LogP contribution in [0.25, 0.3) is 0 Å². The summed E-state index contributed by atoms with van der Waals surface area (Å²) >= 11 is 0. The Morgan fingerprint density at radius 1 is 1.24 bits per heavy atom. The van der Waals surface area contributed by atoms with Crippen LogP contribution in [0.2, 0.25) is 0 Å². The first-order chi connectivity index (χ1) is 8.27. The molecule has 1 aromatic rings. The molecule has 0 fully saturated rings. The topological polar surface area (TPSA) is 50.4 Å². The summed E-state index contributed by atoms with van der Waals surface area (Å²) in [7, 11) is 0. The Bertz CT molecular complexity index is 353. The van der Waals surface area contributed by atoms with Crippen molar-refractivity contribution in [3.05, 3.63) is 29.8 Å². The van der Waals surface area contributed by atoms with Gasteiger partial charge in [-0.2, -0.15) is 0 Å². The maximum Gasteiger partial charge on any atom is 0.257 e. The van der Waals surface area contributed by atoms with E-state index in [2.05, 4.69) is 17.6 Å². The molecule has 1 amide bonds. The summed E-state index contributed by atoms with van der Waals surface area (Å²) in [5, 5.41) is 5.94. The highest BCUT2D eigenvalue weighted by molar-refractivity contribution is 5.77. The van der Waals surface area contributed by atoms with Gasteiger partial charge in [0.25, 0.3) is 5.91 Å². The largest absolute Gasteiger partial charge is 0.483 e. The quantitative estimate of drug-likeness (QED) is 0.750. The van der Waals surface area contributed by atoms with Gasteiger partial charge in [-0.3, -0.25) is 4.79 Å². The summed E-state index contributed by atoms with van der Waals surface area (Å²) in [5.41, 5.74) is 1.07. The monoisotopic (exact) mass is 236 g/mol. The van der Waals surface area contributed by atoms with E-state index in [1.54, 1.807) is 0 Å². The molecule has 0 aliphatic rings. The van der Waals surface area contributed by atoms with Gasteiger partial charge in [0.15, 0.2) is 6.61 Å². The lowest BCUT2D eigenvalue weighted by molar-refractivity contribution is -0.122. The van der Waals surface area contributed by atoms with E-state index in [4.69, 9.17) is 4.74 Å². The summed E-state index contributed by atoms with van der Waals surface area (Å²) in [6.45, 7) is 6.29. The Balaban J connectivity index is 2.54. The molecular formula is C13H20N2O2. The molecule has 4 heteroatoms. The molecule has 0 radical (unpaired) electrons. The number of ether oxygens (including phenoxy) is 1. The lowest BCUT2D eigenvalue weighted by atomic mass is 10.2. The normalized spacial score (nSPS) is 10.0. The number of benzene rings is 1. The van der Waals surface area contributed by atoms with Gasteiger partial charge in [0.05, 0.1) is 0 Å². The maximum absolute atomic E-state index is 11.3. The van der Waals surface area contributed by atoms with Gasteiger partial charge in [-0.05, 0) is 19.5 Å². The number of hydrogen-bond acceptors (Lipinski definition) is 3. The van der Waals surface area contributed by atoms with Crippen molar-refractivity contribution in [2.45, 2.75) is 20.4 Å². The summed E-state index contributed by atoms with van der Waals surface area (Å²) in [4.78, 5) is 11.3. The number of hydrogen-bond donors (Lipinski definition) is 2. The van der Waals surface area contributed by atoms with Gasteiger partial charge in [0.2, 0.25) is 0 Å². The lowest BCUT2D eigenvalue weighted by Crippen LogP contribution is -2.28. The highest BCUT2D eigenvalue weighted by Gasteiger charge is 2.05. The fourth-order valence-corrected chi connectivity index (χ4v) is 1.44. The predicted molar refractivity (Wildman–Crippen MR) is 68.0 cm³/mol. The Labute approximate surface area is 102 Å². The van der Waals surface area contributed by atoms with Crippen LogP contribution >= 0.6 is 0 Å². The zero-order chi connectivity index (χ0) is 12.5. The summed E-state index contributed by atoms with van der Waals surface area (Å²) in [6.07, 6.45) is 0. The average molecular weight is 236 g/mol. The minimum atomic E-state index is -0.0919. The van der Waals surface area contributed by atoms with Gasteiger partial charge >= 0.3 is 0 Å². The minimum absolute atomic E-state index is 0.0664. The van der Waals surface area contributed by atoms with Crippen molar-refractivity contribution in [3.8, 4) is 5.75 Å². The number of nitrogens with one attached hydrogen (secondary N) is 2. The fraction of sp³-hybridized carbons (Fsp3) is 0.462. The first-order valence-electron chi connectivity index (χ1n) is 5.96. The Kier molecular flexibility index (Phi) is 6.10. The molecule has 0 aliphatic carbocycles. The molecule has 17 heavy (non-hydrogen) atoms. The van der Waals surface area contributed by atoms with E-state index in [0.717, 1.165) is 24.4 Å². The third-order valence-corrected chi connectivity index (χ3v) is 2.27. The van der Waals surface area contributed by atoms with Crippen molar-refractivity contribution in [2.24, 2.45) is 0 Å². The highest BCUT2D eigenvalue weighted by Crippen LogP contribution is 2.17. The second-order valence-electron chi connectivity index (χ2n) is 3.63. The van der Waals surface area contributed by atoms with E-state index in [1.165, 1.54) is 0 Å². The lowest BCUT2D eigenvalue weighted by Gasteiger charge is -2.11. The summed E-state index contributed by atoms with van der Waals surface area (Å²) in [6, 6.07) is 7.75. The zero-order valence-corrected chi connectivity index (χ0v) is 10.5. The van der Waals surface area contributed by atoms with Crippen molar-refractivity contribution in [3.63, 3.8) is 0 Å². The molecule has 1 rings (SSSR count). The molecule has 0 saturated heterocycles. The smallest absolute Gasteiger partial charge is 0.257 e. The molecule has 0 spiro atoms. The van der Waals surface area contributed by atoms with Crippen LogP contribution in [0.3, 0.4) is 0 Å². The Morgan fingerprint density at radius 3 is 2.71 bits per heavy atom. The molecule has 0 aromatic heterocycles. The predicted octanol–water partition coefficient (Wildman–Crippen LogP) is 1.31. The standard InChI is InChI=1S/C13H20N2O2/c1-3-14-9-11-7-5-6-8-12(11)17-10-13(16)15-4-2/h5-8,14H,3-4,9-10H2,1-2H3,(H,15,16). The summed E-state index contributed by atoms with van der Waals surface area (Å²) < 4.78 is 5.50. The highest BCUT2D eigenvalue weighted by atomic mass is 16.5. The van der Waals surface area contributed by atoms with Crippen LogP contribution in [0.4, 0.5) is 0 Å². The van der Waals surface area contributed by atoms with E-state index < -0.39 is 0 Å². The molecular weight excluding hydrogens is 216 g/mol. The molecule has 0 saturated carbocycles. The molecule has 0 aliphatic heterocycles. The first-order valence-corrected chi connectivity index (χ1v) is 5.96. The van der Waals surface area contributed by atoms with Gasteiger partial charge in [-0.25, -0.2) is 0 Å².